The number of nitrogens with one attached hydrogen (secondary N) is 1. The van der Waals surface area contributed by atoms with Crippen LogP contribution in [0.15, 0.2) is 23.1 Å². The number of aliphatic hydroxyl groups excluding tert-OH is 1. The SMILES string of the molecule is COCC(O)CCNS(=O)(=O)c1ccc(F)c(C(=O)O)c1. The van der Waals surface area contributed by atoms with E-state index in [0.717, 1.165) is 18.2 Å². The number of carboxylic acids is 1. The van der Waals surface area contributed by atoms with Gasteiger partial charge >= 0.3 is 5.97 Å². The second-order valence-electron chi connectivity index (χ2n) is 4.24. The van der Waals surface area contributed by atoms with Gasteiger partial charge in [0.05, 0.1) is 23.2 Å². The Balaban J connectivity index is 2.79. The number of halogens is 1. The van der Waals surface area contributed by atoms with Crippen molar-refractivity contribution in [1.82, 2.24) is 4.72 Å². The number of sulfonamides is 1. The Morgan fingerprint density at radius 3 is 2.71 bits per heavy atom. The Kier molecular flexibility index (Phi) is 6.21. The van der Waals surface area contributed by atoms with E-state index in [4.69, 9.17) is 9.84 Å². The predicted octanol–water partition coefficient (Wildman–Crippen LogP) is 0.200. The molecule has 0 fully saturated rings. The number of benzene rings is 1. The van der Waals surface area contributed by atoms with E-state index >= 15 is 0 Å². The highest BCUT2D eigenvalue weighted by atomic mass is 32.2. The van der Waals surface area contributed by atoms with Gasteiger partial charge in [0.2, 0.25) is 10.0 Å². The zero-order valence-electron chi connectivity index (χ0n) is 11.2. The Morgan fingerprint density at radius 2 is 2.14 bits per heavy atom. The summed E-state index contributed by atoms with van der Waals surface area (Å²) in [6.07, 6.45) is -0.694. The minimum atomic E-state index is -3.98. The average Bonchev–Trinajstić information content (AvgIpc) is 2.38. The van der Waals surface area contributed by atoms with E-state index in [9.17, 15) is 22.7 Å². The molecule has 21 heavy (non-hydrogen) atoms. The van der Waals surface area contributed by atoms with Crippen LogP contribution in [0, 0.1) is 5.82 Å². The maximum absolute atomic E-state index is 13.2. The molecule has 0 spiro atoms. The lowest BCUT2D eigenvalue weighted by Gasteiger charge is -2.11. The maximum Gasteiger partial charge on any atom is 0.338 e. The van der Waals surface area contributed by atoms with E-state index in [2.05, 4.69) is 4.72 Å². The molecule has 0 saturated carbocycles. The van der Waals surface area contributed by atoms with Crippen molar-refractivity contribution in [2.24, 2.45) is 0 Å². The highest BCUT2D eigenvalue weighted by molar-refractivity contribution is 7.89. The monoisotopic (exact) mass is 321 g/mol. The lowest BCUT2D eigenvalue weighted by Crippen LogP contribution is -2.28. The predicted molar refractivity (Wildman–Crippen MR) is 71.0 cm³/mol. The molecule has 0 saturated heterocycles. The van der Waals surface area contributed by atoms with Crippen LogP contribution in [-0.2, 0) is 14.8 Å². The van der Waals surface area contributed by atoms with Crippen LogP contribution in [-0.4, -0.2) is 51.0 Å². The van der Waals surface area contributed by atoms with Gasteiger partial charge in [0, 0.05) is 13.7 Å². The molecule has 0 aliphatic heterocycles. The average molecular weight is 321 g/mol. The van der Waals surface area contributed by atoms with Crippen molar-refractivity contribution in [1.29, 1.82) is 0 Å². The van der Waals surface area contributed by atoms with Crippen molar-refractivity contribution >= 4 is 16.0 Å². The summed E-state index contributed by atoms with van der Waals surface area (Å²) in [5, 5.41) is 18.1. The summed E-state index contributed by atoms with van der Waals surface area (Å²) in [7, 11) is -2.57. The molecule has 1 unspecified atom stereocenters. The summed E-state index contributed by atoms with van der Waals surface area (Å²) >= 11 is 0. The normalized spacial score (nSPS) is 13.1. The van der Waals surface area contributed by atoms with Crippen molar-refractivity contribution in [2.45, 2.75) is 17.4 Å². The number of methoxy groups -OCH3 is 1. The number of hydrogen-bond donors (Lipinski definition) is 3. The summed E-state index contributed by atoms with van der Waals surface area (Å²) in [5.74, 6) is -2.57. The van der Waals surface area contributed by atoms with E-state index in [1.54, 1.807) is 0 Å². The van der Waals surface area contributed by atoms with Crippen molar-refractivity contribution in [3.63, 3.8) is 0 Å². The molecule has 0 radical (unpaired) electrons. The van der Waals surface area contributed by atoms with Crippen molar-refractivity contribution < 1.29 is 32.6 Å². The van der Waals surface area contributed by atoms with Crippen LogP contribution in [0.3, 0.4) is 0 Å². The largest absolute Gasteiger partial charge is 0.478 e. The van der Waals surface area contributed by atoms with Crippen LogP contribution >= 0.6 is 0 Å². The van der Waals surface area contributed by atoms with E-state index < -0.39 is 33.5 Å². The second kappa shape index (κ2) is 7.46. The van der Waals surface area contributed by atoms with E-state index in [-0.39, 0.29) is 24.5 Å². The van der Waals surface area contributed by atoms with Crippen LogP contribution in [0.2, 0.25) is 0 Å². The van der Waals surface area contributed by atoms with Gasteiger partial charge in [0.1, 0.15) is 5.82 Å². The van der Waals surface area contributed by atoms with E-state index in [0.29, 0.717) is 0 Å². The molecule has 7 nitrogen and oxygen atoms in total. The zero-order valence-corrected chi connectivity index (χ0v) is 12.1. The number of carboxylic acid groups (broad SMARTS) is 1. The summed E-state index contributed by atoms with van der Waals surface area (Å²) in [5.41, 5.74) is -0.725. The fraction of sp³-hybridized carbons (Fsp3) is 0.417. The minimum absolute atomic E-state index is 0.0629. The lowest BCUT2D eigenvalue weighted by molar-refractivity contribution is 0.0603. The second-order valence-corrected chi connectivity index (χ2v) is 6.01. The van der Waals surface area contributed by atoms with Gasteiger partial charge in [0.15, 0.2) is 0 Å². The first kappa shape index (κ1) is 17.5. The standard InChI is InChI=1S/C12H16FNO6S/c1-20-7-8(15)4-5-14-21(18,19)9-2-3-11(13)10(6-9)12(16)17/h2-3,6,8,14-15H,4-5,7H2,1H3,(H,16,17). The first-order valence-corrected chi connectivity index (χ1v) is 7.45. The van der Waals surface area contributed by atoms with Crippen LogP contribution in [0.5, 0.6) is 0 Å². The van der Waals surface area contributed by atoms with Crippen LogP contribution < -0.4 is 4.72 Å². The molecule has 0 aliphatic carbocycles. The van der Waals surface area contributed by atoms with Gasteiger partial charge in [-0.15, -0.1) is 0 Å². The number of carbonyl (C=O) groups is 1. The molecular weight excluding hydrogens is 305 g/mol. The van der Waals surface area contributed by atoms with Gasteiger partial charge in [-0.25, -0.2) is 22.3 Å². The quantitative estimate of drug-likeness (QED) is 0.630. The molecule has 0 bridgehead atoms. The summed E-state index contributed by atoms with van der Waals surface area (Å²) in [6, 6.07) is 2.49. The smallest absolute Gasteiger partial charge is 0.338 e. The fourth-order valence-electron chi connectivity index (χ4n) is 1.55. The fourth-order valence-corrected chi connectivity index (χ4v) is 2.63. The molecule has 1 aromatic carbocycles. The van der Waals surface area contributed by atoms with Gasteiger partial charge < -0.3 is 14.9 Å². The third-order valence-corrected chi connectivity index (χ3v) is 4.07. The summed E-state index contributed by atoms with van der Waals surface area (Å²) in [4.78, 5) is 10.4. The molecule has 1 rings (SSSR count). The van der Waals surface area contributed by atoms with Gasteiger partial charge in [-0.1, -0.05) is 0 Å². The maximum atomic E-state index is 13.2. The van der Waals surface area contributed by atoms with Crippen molar-refractivity contribution in [3.8, 4) is 0 Å². The highest BCUT2D eigenvalue weighted by Gasteiger charge is 2.19. The molecule has 0 aromatic heterocycles. The van der Waals surface area contributed by atoms with E-state index in [1.165, 1.54) is 7.11 Å². The molecular formula is C12H16FNO6S. The van der Waals surface area contributed by atoms with Crippen molar-refractivity contribution in [3.05, 3.63) is 29.6 Å². The van der Waals surface area contributed by atoms with Crippen LogP contribution in [0.25, 0.3) is 0 Å². The molecule has 0 aliphatic rings. The number of rotatable bonds is 8. The zero-order chi connectivity index (χ0) is 16.0. The van der Waals surface area contributed by atoms with Crippen molar-refractivity contribution in [2.75, 3.05) is 20.3 Å². The molecule has 0 amide bonds. The number of ether oxygens (including phenoxy) is 1. The number of aromatic carboxylic acids is 1. The molecule has 9 heteroatoms. The third-order valence-electron chi connectivity index (χ3n) is 2.61. The van der Waals surface area contributed by atoms with Crippen LogP contribution in [0.1, 0.15) is 16.8 Å². The van der Waals surface area contributed by atoms with Gasteiger partial charge in [-0.05, 0) is 24.6 Å². The Bertz CT molecular complexity index is 604. The van der Waals surface area contributed by atoms with Gasteiger partial charge in [0.25, 0.3) is 0 Å². The number of aliphatic hydroxyl groups is 1. The Labute approximate surface area is 121 Å². The topological polar surface area (TPSA) is 113 Å². The van der Waals surface area contributed by atoms with Gasteiger partial charge in [-0.3, -0.25) is 0 Å². The summed E-state index contributed by atoms with van der Waals surface area (Å²) in [6.45, 7) is 0.00802. The molecule has 118 valence electrons. The Hall–Kier alpha value is -1.55. The minimum Gasteiger partial charge on any atom is -0.478 e. The lowest BCUT2D eigenvalue weighted by atomic mass is 10.2. The highest BCUT2D eigenvalue weighted by Crippen LogP contribution is 2.15. The third kappa shape index (κ3) is 5.05. The number of hydrogen-bond acceptors (Lipinski definition) is 5. The Morgan fingerprint density at radius 1 is 1.48 bits per heavy atom. The van der Waals surface area contributed by atoms with Crippen LogP contribution in [0.4, 0.5) is 4.39 Å². The first-order chi connectivity index (χ1) is 9.77. The van der Waals surface area contributed by atoms with Gasteiger partial charge in [-0.2, -0.15) is 0 Å². The molecule has 1 atom stereocenters. The summed E-state index contributed by atoms with van der Waals surface area (Å²) < 4.78 is 43.9. The molecule has 3 N–H and O–H groups in total. The first-order valence-electron chi connectivity index (χ1n) is 5.97. The van der Waals surface area contributed by atoms with E-state index in [1.807, 2.05) is 0 Å². The molecule has 0 heterocycles. The molecule has 1 aromatic rings.